The Morgan fingerprint density at radius 2 is 2.06 bits per heavy atom. The smallest absolute Gasteiger partial charge is 0.262 e. The molecule has 4 N–H and O–H groups in total. The quantitative estimate of drug-likeness (QED) is 0.588. The van der Waals surface area contributed by atoms with E-state index < -0.39 is 0 Å². The highest BCUT2D eigenvalue weighted by molar-refractivity contribution is 8.15. The average molecular weight is 248 g/mol. The van der Waals surface area contributed by atoms with Crippen LogP contribution in [0.5, 0.6) is 0 Å². The number of amidine groups is 1. The van der Waals surface area contributed by atoms with Gasteiger partial charge in [0, 0.05) is 0 Å². The van der Waals surface area contributed by atoms with Crippen LogP contribution in [-0.2, 0) is 11.2 Å². The highest BCUT2D eigenvalue weighted by Gasteiger charge is 2.28. The van der Waals surface area contributed by atoms with Crippen molar-refractivity contribution in [3.05, 3.63) is 35.9 Å². The highest BCUT2D eigenvalue weighted by atomic mass is 32.2. The number of benzene rings is 1. The molecule has 5 nitrogen and oxygen atoms in total. The minimum absolute atomic E-state index is 0.0792. The second-order valence-corrected chi connectivity index (χ2v) is 4.74. The minimum Gasteiger partial charge on any atom is -0.370 e. The Hall–Kier alpha value is -1.82. The van der Waals surface area contributed by atoms with Crippen LogP contribution in [0.2, 0.25) is 0 Å². The molecular formula is C11H12N4OS. The van der Waals surface area contributed by atoms with Crippen molar-refractivity contribution in [1.29, 1.82) is 0 Å². The predicted molar refractivity (Wildman–Crippen MR) is 69.8 cm³/mol. The molecule has 0 unspecified atom stereocenters. The number of aliphatic imine (C=N–C) groups is 2. The first-order valence-corrected chi connectivity index (χ1v) is 5.96. The second kappa shape index (κ2) is 5.01. The summed E-state index contributed by atoms with van der Waals surface area (Å²) in [6, 6.07) is 9.78. The zero-order valence-electron chi connectivity index (χ0n) is 9.04. The van der Waals surface area contributed by atoms with E-state index in [-0.39, 0.29) is 17.1 Å². The van der Waals surface area contributed by atoms with Crippen LogP contribution in [0.1, 0.15) is 5.56 Å². The van der Waals surface area contributed by atoms with Crippen LogP contribution in [0.25, 0.3) is 0 Å². The normalized spacial score (nSPS) is 18.9. The fourth-order valence-corrected chi connectivity index (χ4v) is 2.47. The van der Waals surface area contributed by atoms with E-state index in [1.54, 1.807) is 0 Å². The molecule has 0 saturated heterocycles. The van der Waals surface area contributed by atoms with Crippen LogP contribution >= 0.6 is 11.8 Å². The van der Waals surface area contributed by atoms with Gasteiger partial charge in [0.25, 0.3) is 5.91 Å². The van der Waals surface area contributed by atoms with Gasteiger partial charge in [0.2, 0.25) is 0 Å². The minimum atomic E-state index is -0.226. The molecule has 0 aliphatic carbocycles. The maximum absolute atomic E-state index is 11.6. The highest BCUT2D eigenvalue weighted by Crippen LogP contribution is 2.26. The van der Waals surface area contributed by atoms with E-state index >= 15 is 0 Å². The van der Waals surface area contributed by atoms with Gasteiger partial charge in [0.1, 0.15) is 0 Å². The third kappa shape index (κ3) is 3.07. The summed E-state index contributed by atoms with van der Waals surface area (Å²) in [5, 5.41) is 0.117. The van der Waals surface area contributed by atoms with Crippen LogP contribution in [0.4, 0.5) is 0 Å². The summed E-state index contributed by atoms with van der Waals surface area (Å²) in [5.74, 6) is -0.261. The summed E-state index contributed by atoms with van der Waals surface area (Å²) >= 11 is 1.29. The molecule has 0 radical (unpaired) electrons. The van der Waals surface area contributed by atoms with Gasteiger partial charge in [0.05, 0.1) is 5.25 Å². The number of nitrogens with zero attached hydrogens (tertiary/aromatic N) is 2. The van der Waals surface area contributed by atoms with Gasteiger partial charge in [-0.05, 0) is 12.0 Å². The third-order valence-electron chi connectivity index (χ3n) is 2.22. The van der Waals surface area contributed by atoms with E-state index in [0.717, 1.165) is 5.56 Å². The van der Waals surface area contributed by atoms with Crippen molar-refractivity contribution in [2.75, 3.05) is 0 Å². The summed E-state index contributed by atoms with van der Waals surface area (Å²) in [6.07, 6.45) is 0.636. The summed E-state index contributed by atoms with van der Waals surface area (Å²) in [7, 11) is 0. The maximum Gasteiger partial charge on any atom is 0.262 e. The Morgan fingerprint density at radius 1 is 1.35 bits per heavy atom. The molecule has 1 aromatic carbocycles. The van der Waals surface area contributed by atoms with E-state index in [1.165, 1.54) is 11.8 Å². The fourth-order valence-electron chi connectivity index (χ4n) is 1.49. The van der Waals surface area contributed by atoms with Crippen molar-refractivity contribution in [1.82, 2.24) is 0 Å². The lowest BCUT2D eigenvalue weighted by Crippen LogP contribution is -2.23. The largest absolute Gasteiger partial charge is 0.370 e. The first kappa shape index (κ1) is 11.7. The Balaban J connectivity index is 2.03. The molecule has 1 heterocycles. The van der Waals surface area contributed by atoms with Crippen LogP contribution in [0, 0.1) is 0 Å². The Labute approximate surface area is 103 Å². The number of thioether (sulfide) groups is 1. The molecule has 1 aliphatic heterocycles. The molecule has 88 valence electrons. The molecular weight excluding hydrogens is 236 g/mol. The zero-order valence-corrected chi connectivity index (χ0v) is 9.85. The predicted octanol–water partition coefficient (Wildman–Crippen LogP) is 0.501. The topological polar surface area (TPSA) is 93.8 Å². The molecule has 0 saturated carbocycles. The third-order valence-corrected chi connectivity index (χ3v) is 3.26. The average Bonchev–Trinajstić information content (AvgIpc) is 2.59. The first-order chi connectivity index (χ1) is 8.15. The number of hydrogen-bond donors (Lipinski definition) is 2. The molecule has 0 aromatic heterocycles. The number of rotatable bonds is 2. The monoisotopic (exact) mass is 248 g/mol. The maximum atomic E-state index is 11.6. The van der Waals surface area contributed by atoms with Gasteiger partial charge < -0.3 is 11.5 Å². The summed E-state index contributed by atoms with van der Waals surface area (Å²) in [5.41, 5.74) is 11.6. The number of hydrogen-bond acceptors (Lipinski definition) is 3. The Kier molecular flexibility index (Phi) is 3.43. The molecule has 0 bridgehead atoms. The molecule has 1 amide bonds. The number of amides is 1. The van der Waals surface area contributed by atoms with Crippen molar-refractivity contribution in [3.63, 3.8) is 0 Å². The lowest BCUT2D eigenvalue weighted by Gasteiger charge is -2.05. The molecule has 1 aromatic rings. The first-order valence-electron chi connectivity index (χ1n) is 5.08. The zero-order chi connectivity index (χ0) is 12.3. The molecule has 1 aliphatic rings. The van der Waals surface area contributed by atoms with Gasteiger partial charge >= 0.3 is 0 Å². The van der Waals surface area contributed by atoms with Crippen LogP contribution in [0.15, 0.2) is 40.3 Å². The lowest BCUT2D eigenvalue weighted by molar-refractivity contribution is -0.117. The van der Waals surface area contributed by atoms with Gasteiger partial charge in [-0.1, -0.05) is 42.1 Å². The number of carbonyl (C=O) groups excluding carboxylic acids is 1. The van der Waals surface area contributed by atoms with Crippen molar-refractivity contribution in [2.24, 2.45) is 21.5 Å². The SMILES string of the molecule is NC(N)=NC1=NC(=O)[C@@H](Cc2ccccc2)S1. The van der Waals surface area contributed by atoms with E-state index in [2.05, 4.69) is 9.98 Å². The van der Waals surface area contributed by atoms with E-state index in [4.69, 9.17) is 11.5 Å². The van der Waals surface area contributed by atoms with Crippen LogP contribution < -0.4 is 11.5 Å². The van der Waals surface area contributed by atoms with Gasteiger partial charge in [-0.3, -0.25) is 4.79 Å². The summed E-state index contributed by atoms with van der Waals surface area (Å²) in [4.78, 5) is 19.2. The van der Waals surface area contributed by atoms with Crippen molar-refractivity contribution >= 4 is 28.8 Å². The lowest BCUT2D eigenvalue weighted by atomic mass is 10.1. The summed E-state index contributed by atoms with van der Waals surface area (Å²) in [6.45, 7) is 0. The number of guanidine groups is 1. The van der Waals surface area contributed by atoms with E-state index in [0.29, 0.717) is 11.6 Å². The molecule has 1 atom stereocenters. The van der Waals surface area contributed by atoms with Crippen LogP contribution in [0.3, 0.4) is 0 Å². The molecule has 0 fully saturated rings. The van der Waals surface area contributed by atoms with E-state index in [9.17, 15) is 4.79 Å². The van der Waals surface area contributed by atoms with Gasteiger partial charge in [-0.2, -0.15) is 9.98 Å². The standard InChI is InChI=1S/C11H12N4OS/c12-10(13)15-11-14-9(16)8(17-11)6-7-4-2-1-3-5-7/h1-5,8H,6H2,(H4,12,13,14,15,16)/t8-/m1/s1. The van der Waals surface area contributed by atoms with Gasteiger partial charge in [0.15, 0.2) is 11.1 Å². The Morgan fingerprint density at radius 3 is 2.71 bits per heavy atom. The number of nitrogens with two attached hydrogens (primary N) is 2. The molecule has 6 heteroatoms. The van der Waals surface area contributed by atoms with Gasteiger partial charge in [-0.25, -0.2) is 0 Å². The molecule has 0 spiro atoms. The second-order valence-electron chi connectivity index (χ2n) is 3.57. The van der Waals surface area contributed by atoms with Gasteiger partial charge in [-0.15, -0.1) is 0 Å². The summed E-state index contributed by atoms with van der Waals surface area (Å²) < 4.78 is 0. The van der Waals surface area contributed by atoms with Crippen molar-refractivity contribution < 1.29 is 4.79 Å². The van der Waals surface area contributed by atoms with Crippen molar-refractivity contribution in [2.45, 2.75) is 11.7 Å². The van der Waals surface area contributed by atoms with Crippen LogP contribution in [-0.4, -0.2) is 22.3 Å². The Bertz CT molecular complexity index is 480. The molecule has 17 heavy (non-hydrogen) atoms. The number of carbonyl (C=O) groups is 1. The van der Waals surface area contributed by atoms with Crippen molar-refractivity contribution in [3.8, 4) is 0 Å². The molecule has 2 rings (SSSR count). The fraction of sp³-hybridized carbons (Fsp3) is 0.182. The van der Waals surface area contributed by atoms with E-state index in [1.807, 2.05) is 30.3 Å².